The highest BCUT2D eigenvalue weighted by atomic mass is 16.5. The zero-order valence-corrected chi connectivity index (χ0v) is 11.0. The number of hydrogen-bond acceptors (Lipinski definition) is 5. The van der Waals surface area contributed by atoms with E-state index in [1.807, 2.05) is 0 Å². The lowest BCUT2D eigenvalue weighted by atomic mass is 10.3. The maximum atomic E-state index is 11.4. The Balaban J connectivity index is 2.32. The molecule has 1 amide bonds. The van der Waals surface area contributed by atoms with Crippen LogP contribution in [-0.4, -0.2) is 48.5 Å². The highest BCUT2D eigenvalue weighted by molar-refractivity contribution is 5.83. The number of aliphatic carboxylic acids is 1. The topological polar surface area (TPSA) is 105 Å². The average molecular weight is 283 g/mol. The van der Waals surface area contributed by atoms with Crippen LogP contribution in [-0.2, 0) is 9.59 Å². The Morgan fingerprint density at radius 3 is 2.35 bits per heavy atom. The zero-order chi connectivity index (χ0) is 15.0. The molecule has 0 fully saturated rings. The molecule has 1 unspecified atom stereocenters. The number of rotatable bonds is 8. The van der Waals surface area contributed by atoms with Gasteiger partial charge in [0.05, 0.1) is 26.7 Å². The first-order chi connectivity index (χ1) is 9.56. The molecule has 0 heterocycles. The van der Waals surface area contributed by atoms with E-state index >= 15 is 0 Å². The van der Waals surface area contributed by atoms with Crippen molar-refractivity contribution in [2.75, 3.05) is 20.3 Å². The number of benzene rings is 1. The molecule has 0 aliphatic carbocycles. The molecule has 0 bridgehead atoms. The Morgan fingerprint density at radius 1 is 1.25 bits per heavy atom. The second-order valence-electron chi connectivity index (χ2n) is 3.91. The van der Waals surface area contributed by atoms with Crippen LogP contribution >= 0.6 is 0 Å². The van der Waals surface area contributed by atoms with Crippen molar-refractivity contribution in [1.29, 1.82) is 0 Å². The van der Waals surface area contributed by atoms with E-state index in [4.69, 9.17) is 19.7 Å². The van der Waals surface area contributed by atoms with Crippen LogP contribution in [0.2, 0.25) is 0 Å². The normalized spacial score (nSPS) is 11.5. The molecule has 0 saturated carbocycles. The molecule has 0 aliphatic rings. The molecule has 1 rings (SSSR count). The standard InChI is InChI=1S/C13H17NO6/c1-19-9-2-4-10(5-3-9)20-7-6-12(16)14-11(8-15)13(17)18/h2-5,11,15H,6-8H2,1H3,(H,14,16)(H,17,18). The summed E-state index contributed by atoms with van der Waals surface area (Å²) in [6, 6.07) is 5.56. The number of carbonyl (C=O) groups is 2. The molecule has 1 aromatic carbocycles. The molecule has 1 atom stereocenters. The summed E-state index contributed by atoms with van der Waals surface area (Å²) in [6.45, 7) is -0.545. The van der Waals surface area contributed by atoms with E-state index in [1.165, 1.54) is 0 Å². The minimum Gasteiger partial charge on any atom is -0.497 e. The van der Waals surface area contributed by atoms with Gasteiger partial charge in [0.15, 0.2) is 0 Å². The predicted molar refractivity (Wildman–Crippen MR) is 69.8 cm³/mol. The Labute approximate surface area is 116 Å². The number of nitrogens with one attached hydrogen (secondary N) is 1. The number of aliphatic hydroxyl groups excluding tert-OH is 1. The van der Waals surface area contributed by atoms with Crippen molar-refractivity contribution >= 4 is 11.9 Å². The van der Waals surface area contributed by atoms with Crippen molar-refractivity contribution in [3.8, 4) is 11.5 Å². The van der Waals surface area contributed by atoms with E-state index in [-0.39, 0.29) is 13.0 Å². The summed E-state index contributed by atoms with van der Waals surface area (Å²) >= 11 is 0. The van der Waals surface area contributed by atoms with Crippen LogP contribution in [0.3, 0.4) is 0 Å². The van der Waals surface area contributed by atoms with E-state index in [9.17, 15) is 9.59 Å². The highest BCUT2D eigenvalue weighted by Crippen LogP contribution is 2.16. The van der Waals surface area contributed by atoms with Gasteiger partial charge < -0.3 is 25.0 Å². The Kier molecular flexibility index (Phi) is 6.31. The fraction of sp³-hybridized carbons (Fsp3) is 0.385. The largest absolute Gasteiger partial charge is 0.497 e. The van der Waals surface area contributed by atoms with Gasteiger partial charge in [0.2, 0.25) is 5.91 Å². The molecule has 0 spiro atoms. The first-order valence-electron chi connectivity index (χ1n) is 5.96. The molecular formula is C13H17NO6. The summed E-state index contributed by atoms with van der Waals surface area (Å²) in [5.41, 5.74) is 0. The first-order valence-corrected chi connectivity index (χ1v) is 5.96. The summed E-state index contributed by atoms with van der Waals surface area (Å²) in [4.78, 5) is 22.0. The fourth-order valence-electron chi connectivity index (χ4n) is 1.39. The number of carboxylic acids is 1. The average Bonchev–Trinajstić information content (AvgIpc) is 2.45. The maximum Gasteiger partial charge on any atom is 0.328 e. The fourth-order valence-corrected chi connectivity index (χ4v) is 1.39. The summed E-state index contributed by atoms with van der Waals surface area (Å²) in [7, 11) is 1.56. The molecule has 1 aromatic rings. The van der Waals surface area contributed by atoms with Crippen molar-refractivity contribution in [2.45, 2.75) is 12.5 Å². The van der Waals surface area contributed by atoms with Crippen molar-refractivity contribution in [1.82, 2.24) is 5.32 Å². The van der Waals surface area contributed by atoms with Gasteiger partial charge in [-0.3, -0.25) is 4.79 Å². The van der Waals surface area contributed by atoms with Gasteiger partial charge in [-0.25, -0.2) is 4.79 Å². The monoisotopic (exact) mass is 283 g/mol. The van der Waals surface area contributed by atoms with E-state index in [1.54, 1.807) is 31.4 Å². The zero-order valence-electron chi connectivity index (χ0n) is 11.0. The minimum atomic E-state index is -1.29. The molecule has 0 aliphatic heterocycles. The maximum absolute atomic E-state index is 11.4. The Hall–Kier alpha value is -2.28. The lowest BCUT2D eigenvalue weighted by molar-refractivity contribution is -0.143. The lowest BCUT2D eigenvalue weighted by Crippen LogP contribution is -2.43. The molecule has 110 valence electrons. The van der Waals surface area contributed by atoms with Crippen LogP contribution in [0.4, 0.5) is 0 Å². The van der Waals surface area contributed by atoms with Crippen molar-refractivity contribution < 1.29 is 29.3 Å². The van der Waals surface area contributed by atoms with E-state index in [2.05, 4.69) is 5.32 Å². The quantitative estimate of drug-likeness (QED) is 0.621. The van der Waals surface area contributed by atoms with Crippen molar-refractivity contribution in [3.05, 3.63) is 24.3 Å². The van der Waals surface area contributed by atoms with E-state index < -0.39 is 24.5 Å². The number of carboxylic acid groups (broad SMARTS) is 1. The summed E-state index contributed by atoms with van der Waals surface area (Å²) < 4.78 is 10.3. The molecule has 0 radical (unpaired) electrons. The molecule has 0 saturated heterocycles. The lowest BCUT2D eigenvalue weighted by Gasteiger charge is -2.12. The van der Waals surface area contributed by atoms with Gasteiger partial charge in [-0.15, -0.1) is 0 Å². The van der Waals surface area contributed by atoms with E-state index in [0.29, 0.717) is 11.5 Å². The van der Waals surface area contributed by atoms with Crippen LogP contribution in [0.5, 0.6) is 11.5 Å². The number of amides is 1. The van der Waals surface area contributed by atoms with Gasteiger partial charge in [0.25, 0.3) is 0 Å². The van der Waals surface area contributed by atoms with Crippen LogP contribution in [0.25, 0.3) is 0 Å². The number of ether oxygens (including phenoxy) is 2. The molecule has 7 nitrogen and oxygen atoms in total. The van der Waals surface area contributed by atoms with Crippen LogP contribution in [0.1, 0.15) is 6.42 Å². The number of methoxy groups -OCH3 is 1. The number of carbonyl (C=O) groups excluding carboxylic acids is 1. The van der Waals surface area contributed by atoms with Crippen molar-refractivity contribution in [3.63, 3.8) is 0 Å². The van der Waals surface area contributed by atoms with Gasteiger partial charge in [0, 0.05) is 0 Å². The van der Waals surface area contributed by atoms with E-state index in [0.717, 1.165) is 0 Å². The number of aliphatic hydroxyl groups is 1. The third-order valence-corrected chi connectivity index (χ3v) is 2.47. The van der Waals surface area contributed by atoms with Crippen LogP contribution < -0.4 is 14.8 Å². The van der Waals surface area contributed by atoms with Crippen molar-refractivity contribution in [2.24, 2.45) is 0 Å². The van der Waals surface area contributed by atoms with Gasteiger partial charge in [-0.1, -0.05) is 0 Å². The third kappa shape index (κ3) is 5.15. The molecular weight excluding hydrogens is 266 g/mol. The van der Waals surface area contributed by atoms with Crippen LogP contribution in [0.15, 0.2) is 24.3 Å². The van der Waals surface area contributed by atoms with Gasteiger partial charge in [0.1, 0.15) is 17.5 Å². The molecule has 20 heavy (non-hydrogen) atoms. The minimum absolute atomic E-state index is 0.00416. The summed E-state index contributed by atoms with van der Waals surface area (Å²) in [5, 5.41) is 19.6. The predicted octanol–water partition coefficient (Wildman–Crippen LogP) is 0.0258. The molecule has 7 heteroatoms. The second kappa shape index (κ2) is 8.00. The summed E-state index contributed by atoms with van der Waals surface area (Å²) in [5.74, 6) is -0.505. The number of hydrogen-bond donors (Lipinski definition) is 3. The van der Waals surface area contributed by atoms with Gasteiger partial charge in [-0.05, 0) is 24.3 Å². The smallest absolute Gasteiger partial charge is 0.328 e. The Morgan fingerprint density at radius 2 is 1.85 bits per heavy atom. The molecule has 3 N–H and O–H groups in total. The Bertz CT molecular complexity index is 445. The highest BCUT2D eigenvalue weighted by Gasteiger charge is 2.18. The van der Waals surface area contributed by atoms with Gasteiger partial charge >= 0.3 is 5.97 Å². The SMILES string of the molecule is COc1ccc(OCCC(=O)NC(CO)C(=O)O)cc1. The molecule has 0 aromatic heterocycles. The van der Waals surface area contributed by atoms with Gasteiger partial charge in [-0.2, -0.15) is 0 Å². The summed E-state index contributed by atoms with van der Waals surface area (Å²) in [6.07, 6.45) is -0.00416. The first kappa shape index (κ1) is 15.8. The van der Waals surface area contributed by atoms with Crippen LogP contribution in [0, 0.1) is 0 Å². The second-order valence-corrected chi connectivity index (χ2v) is 3.91. The third-order valence-electron chi connectivity index (χ3n) is 2.47.